The minimum absolute atomic E-state index is 0.0920. The van der Waals surface area contributed by atoms with Gasteiger partial charge in [0.05, 0.1) is 19.9 Å². The van der Waals surface area contributed by atoms with Gasteiger partial charge < -0.3 is 14.7 Å². The number of rotatable bonds is 2. The van der Waals surface area contributed by atoms with Crippen LogP contribution in [0.2, 0.25) is 0 Å². The van der Waals surface area contributed by atoms with Crippen molar-refractivity contribution in [2.45, 2.75) is 39.0 Å². The fraction of sp³-hybridized carbons (Fsp3) is 0.526. The first-order chi connectivity index (χ1) is 11.0. The second kappa shape index (κ2) is 5.59. The molecule has 0 bridgehead atoms. The molecule has 4 heteroatoms. The molecule has 2 atom stereocenters. The summed E-state index contributed by atoms with van der Waals surface area (Å²) in [5.41, 5.74) is 4.20. The number of nitrogens with zero attached hydrogens (tertiary/aromatic N) is 1. The van der Waals surface area contributed by atoms with Crippen molar-refractivity contribution in [3.05, 3.63) is 34.9 Å². The largest absolute Gasteiger partial charge is 0.496 e. The summed E-state index contributed by atoms with van der Waals surface area (Å²) in [6, 6.07) is 3.96. The Balaban J connectivity index is 2.23. The number of benzene rings is 1. The van der Waals surface area contributed by atoms with Crippen LogP contribution in [0.4, 0.5) is 0 Å². The van der Waals surface area contributed by atoms with E-state index in [1.54, 1.807) is 14.2 Å². The van der Waals surface area contributed by atoms with E-state index in [0.717, 1.165) is 35.6 Å². The molecule has 0 spiro atoms. The normalized spacial score (nSPS) is 27.0. The quantitative estimate of drug-likeness (QED) is 0.664. The first-order valence-electron chi connectivity index (χ1n) is 8.09. The van der Waals surface area contributed by atoms with Crippen molar-refractivity contribution in [2.24, 2.45) is 17.0 Å². The Bertz CT molecular complexity index is 688. The van der Waals surface area contributed by atoms with Crippen molar-refractivity contribution in [2.75, 3.05) is 14.2 Å². The van der Waals surface area contributed by atoms with Crippen molar-refractivity contribution in [1.82, 2.24) is 0 Å². The van der Waals surface area contributed by atoms with Crippen LogP contribution in [0.15, 0.2) is 28.9 Å². The Morgan fingerprint density at radius 3 is 2.43 bits per heavy atom. The maximum absolute atomic E-state index is 9.54. The minimum Gasteiger partial charge on any atom is -0.496 e. The van der Waals surface area contributed by atoms with Crippen LogP contribution >= 0.6 is 0 Å². The van der Waals surface area contributed by atoms with Gasteiger partial charge >= 0.3 is 0 Å². The van der Waals surface area contributed by atoms with Crippen LogP contribution in [0.5, 0.6) is 11.5 Å². The number of allylic oxidation sites excluding steroid dienone is 2. The Kier molecular flexibility index (Phi) is 3.86. The molecule has 0 fully saturated rings. The van der Waals surface area contributed by atoms with Gasteiger partial charge in [-0.05, 0) is 48.8 Å². The van der Waals surface area contributed by atoms with Gasteiger partial charge in [-0.15, -0.1) is 0 Å². The van der Waals surface area contributed by atoms with E-state index in [1.165, 1.54) is 11.1 Å². The molecule has 2 aliphatic rings. The standard InChI is InChI=1S/C19H25NO3/c1-11-6-7-14-12(18(11)20-21)10-13-15(22-4)8-9-16(23-5)17(13)19(14,2)3/h6,8-9,12,14,21H,7,10H2,1-5H3/b20-18+/t12?,14-/m1/s1. The molecule has 1 unspecified atom stereocenters. The second-order valence-corrected chi connectivity index (χ2v) is 7.07. The first kappa shape index (κ1) is 15.9. The van der Waals surface area contributed by atoms with Crippen molar-refractivity contribution in [3.63, 3.8) is 0 Å². The van der Waals surface area contributed by atoms with Gasteiger partial charge in [0.1, 0.15) is 11.5 Å². The molecule has 23 heavy (non-hydrogen) atoms. The molecule has 0 saturated heterocycles. The molecule has 3 rings (SSSR count). The third-order valence-electron chi connectivity index (χ3n) is 5.69. The summed E-state index contributed by atoms with van der Waals surface area (Å²) in [4.78, 5) is 0. The van der Waals surface area contributed by atoms with E-state index in [4.69, 9.17) is 9.47 Å². The lowest BCUT2D eigenvalue weighted by atomic mass is 9.56. The van der Waals surface area contributed by atoms with Gasteiger partial charge in [-0.1, -0.05) is 25.1 Å². The summed E-state index contributed by atoms with van der Waals surface area (Å²) in [5, 5.41) is 13.2. The molecule has 1 aromatic carbocycles. The molecule has 0 amide bonds. The van der Waals surface area contributed by atoms with Crippen LogP contribution in [0.1, 0.15) is 38.3 Å². The van der Waals surface area contributed by atoms with Gasteiger partial charge in [0.25, 0.3) is 0 Å². The number of methoxy groups -OCH3 is 2. The molecule has 1 N–H and O–H groups in total. The highest BCUT2D eigenvalue weighted by atomic mass is 16.5. The topological polar surface area (TPSA) is 51.0 Å². The van der Waals surface area contributed by atoms with Crippen LogP contribution in [0, 0.1) is 11.8 Å². The zero-order valence-electron chi connectivity index (χ0n) is 14.5. The second-order valence-electron chi connectivity index (χ2n) is 7.07. The number of hydrogen-bond acceptors (Lipinski definition) is 4. The Hall–Kier alpha value is -1.97. The summed E-state index contributed by atoms with van der Waals surface area (Å²) in [7, 11) is 3.42. The van der Waals surface area contributed by atoms with Crippen LogP contribution in [0.25, 0.3) is 0 Å². The van der Waals surface area contributed by atoms with Gasteiger partial charge in [0.15, 0.2) is 0 Å². The first-order valence-corrected chi connectivity index (χ1v) is 8.09. The summed E-state index contributed by atoms with van der Waals surface area (Å²) in [6.45, 7) is 6.54. The summed E-state index contributed by atoms with van der Waals surface area (Å²) in [5.74, 6) is 2.38. The maximum atomic E-state index is 9.54. The number of ether oxygens (including phenoxy) is 2. The lowest BCUT2D eigenvalue weighted by Gasteiger charge is -2.47. The van der Waals surface area contributed by atoms with Crippen molar-refractivity contribution in [1.29, 1.82) is 0 Å². The fourth-order valence-electron chi connectivity index (χ4n) is 4.53. The molecule has 0 aliphatic heterocycles. The molecule has 0 radical (unpaired) electrons. The number of hydrogen-bond donors (Lipinski definition) is 1. The van der Waals surface area contributed by atoms with E-state index < -0.39 is 0 Å². The maximum Gasteiger partial charge on any atom is 0.123 e. The minimum atomic E-state index is -0.0920. The van der Waals surface area contributed by atoms with E-state index in [9.17, 15) is 5.21 Å². The fourth-order valence-corrected chi connectivity index (χ4v) is 4.53. The van der Waals surface area contributed by atoms with Crippen molar-refractivity contribution >= 4 is 5.71 Å². The lowest BCUT2D eigenvalue weighted by molar-refractivity contribution is 0.216. The zero-order valence-corrected chi connectivity index (χ0v) is 14.5. The molecular weight excluding hydrogens is 290 g/mol. The smallest absolute Gasteiger partial charge is 0.123 e. The monoisotopic (exact) mass is 315 g/mol. The van der Waals surface area contributed by atoms with E-state index >= 15 is 0 Å². The summed E-state index contributed by atoms with van der Waals surface area (Å²) in [6.07, 6.45) is 3.99. The van der Waals surface area contributed by atoms with Crippen LogP contribution in [0.3, 0.4) is 0 Å². The van der Waals surface area contributed by atoms with E-state index in [-0.39, 0.29) is 11.3 Å². The highest BCUT2D eigenvalue weighted by Gasteiger charge is 2.48. The molecule has 2 aliphatic carbocycles. The van der Waals surface area contributed by atoms with Crippen molar-refractivity contribution < 1.29 is 14.7 Å². The van der Waals surface area contributed by atoms with E-state index in [2.05, 4.69) is 25.1 Å². The molecular formula is C19H25NO3. The highest BCUT2D eigenvalue weighted by molar-refractivity contribution is 6.02. The molecule has 0 heterocycles. The average molecular weight is 315 g/mol. The van der Waals surface area contributed by atoms with Gasteiger partial charge in [0.2, 0.25) is 0 Å². The highest BCUT2D eigenvalue weighted by Crippen LogP contribution is 2.53. The Labute approximate surface area is 137 Å². The predicted molar refractivity (Wildman–Crippen MR) is 90.9 cm³/mol. The van der Waals surface area contributed by atoms with Gasteiger partial charge in [-0.25, -0.2) is 0 Å². The molecule has 0 aromatic heterocycles. The van der Waals surface area contributed by atoms with E-state index in [1.807, 2.05) is 19.1 Å². The van der Waals surface area contributed by atoms with Crippen LogP contribution in [-0.2, 0) is 11.8 Å². The third-order valence-corrected chi connectivity index (χ3v) is 5.69. The van der Waals surface area contributed by atoms with E-state index in [0.29, 0.717) is 5.92 Å². The van der Waals surface area contributed by atoms with Gasteiger partial charge in [-0.3, -0.25) is 0 Å². The van der Waals surface area contributed by atoms with Crippen molar-refractivity contribution in [3.8, 4) is 11.5 Å². The summed E-state index contributed by atoms with van der Waals surface area (Å²) >= 11 is 0. The zero-order chi connectivity index (χ0) is 16.8. The predicted octanol–water partition coefficient (Wildman–Crippen LogP) is 3.95. The molecule has 0 saturated carbocycles. The molecule has 4 nitrogen and oxygen atoms in total. The summed E-state index contributed by atoms with van der Waals surface area (Å²) < 4.78 is 11.3. The molecule has 124 valence electrons. The Morgan fingerprint density at radius 2 is 1.83 bits per heavy atom. The van der Waals surface area contributed by atoms with Crippen LogP contribution < -0.4 is 9.47 Å². The number of oxime groups is 1. The molecule has 1 aromatic rings. The Morgan fingerprint density at radius 1 is 1.17 bits per heavy atom. The number of fused-ring (bicyclic) bond motifs is 2. The average Bonchev–Trinajstić information content (AvgIpc) is 2.53. The van der Waals surface area contributed by atoms with Gasteiger partial charge in [-0.2, -0.15) is 0 Å². The lowest BCUT2D eigenvalue weighted by Crippen LogP contribution is -2.45. The third kappa shape index (κ3) is 2.23. The SMILES string of the molecule is COc1ccc(OC)c2c1CC1/C(=N/O)C(C)=CC[C@H]1C2(C)C. The van der Waals surface area contributed by atoms with Crippen LogP contribution in [-0.4, -0.2) is 25.1 Å². The van der Waals surface area contributed by atoms with Gasteiger partial charge in [0, 0.05) is 17.0 Å².